The molecule has 0 rings (SSSR count). The van der Waals surface area contributed by atoms with Gasteiger partial charge in [0.15, 0.2) is 0 Å². The summed E-state index contributed by atoms with van der Waals surface area (Å²) in [7, 11) is 3.85. The fourth-order valence-corrected chi connectivity index (χ4v) is 0.938. The lowest BCUT2D eigenvalue weighted by molar-refractivity contribution is -0.126. The molecule has 0 saturated heterocycles. The first-order chi connectivity index (χ1) is 6.81. The van der Waals surface area contributed by atoms with Crippen LogP contribution >= 0.6 is 0 Å². The van der Waals surface area contributed by atoms with Crippen LogP contribution in [0.25, 0.3) is 0 Å². The minimum atomic E-state index is -0.490. The molecule has 0 unspecified atom stereocenters. The molecule has 0 radical (unpaired) electrons. The van der Waals surface area contributed by atoms with Crippen LogP contribution in [0.1, 0.15) is 27.7 Å². The number of nitrogens with one attached hydrogen (secondary N) is 2. The minimum absolute atomic E-state index is 0.0437. The molecule has 0 aromatic rings. The van der Waals surface area contributed by atoms with Crippen LogP contribution < -0.4 is 10.6 Å². The summed E-state index contributed by atoms with van der Waals surface area (Å²) >= 11 is 0. The molecule has 0 atom stereocenters. The Bertz CT molecular complexity index is 202. The molecule has 0 aliphatic carbocycles. The smallest absolute Gasteiger partial charge is 0.239 e. The third-order valence-electron chi connectivity index (χ3n) is 2.82. The SMILES string of the molecule is CNC(C)(C)C(=O)NCCN(C)C(C)C. The molecule has 2 N–H and O–H groups in total. The maximum atomic E-state index is 11.7. The van der Waals surface area contributed by atoms with E-state index in [-0.39, 0.29) is 5.91 Å². The van der Waals surface area contributed by atoms with E-state index in [1.807, 2.05) is 13.8 Å². The van der Waals surface area contributed by atoms with Crippen molar-refractivity contribution in [3.8, 4) is 0 Å². The predicted octanol–water partition coefficient (Wildman–Crippen LogP) is 0.441. The van der Waals surface area contributed by atoms with Gasteiger partial charge < -0.3 is 15.5 Å². The molecule has 15 heavy (non-hydrogen) atoms. The maximum absolute atomic E-state index is 11.7. The molecule has 4 nitrogen and oxygen atoms in total. The Labute approximate surface area is 93.4 Å². The molecule has 0 aliphatic rings. The Hall–Kier alpha value is -0.610. The first kappa shape index (κ1) is 14.4. The minimum Gasteiger partial charge on any atom is -0.353 e. The molecule has 0 aromatic carbocycles. The van der Waals surface area contributed by atoms with E-state index < -0.39 is 5.54 Å². The van der Waals surface area contributed by atoms with Crippen molar-refractivity contribution in [3.05, 3.63) is 0 Å². The van der Waals surface area contributed by atoms with Gasteiger partial charge in [-0.2, -0.15) is 0 Å². The molecule has 90 valence electrons. The summed E-state index contributed by atoms with van der Waals surface area (Å²) in [5.41, 5.74) is -0.490. The fraction of sp³-hybridized carbons (Fsp3) is 0.909. The van der Waals surface area contributed by atoms with Gasteiger partial charge in [-0.3, -0.25) is 4.79 Å². The van der Waals surface area contributed by atoms with Gasteiger partial charge in [0.25, 0.3) is 0 Å². The second-order valence-corrected chi connectivity index (χ2v) is 4.71. The van der Waals surface area contributed by atoms with E-state index in [4.69, 9.17) is 0 Å². The van der Waals surface area contributed by atoms with Crippen molar-refractivity contribution < 1.29 is 4.79 Å². The van der Waals surface area contributed by atoms with E-state index in [1.165, 1.54) is 0 Å². The normalized spacial score (nSPS) is 12.3. The molecule has 1 amide bonds. The van der Waals surface area contributed by atoms with Crippen LogP contribution in [-0.2, 0) is 4.79 Å². The van der Waals surface area contributed by atoms with Gasteiger partial charge in [0.1, 0.15) is 0 Å². The van der Waals surface area contributed by atoms with Crippen LogP contribution in [0, 0.1) is 0 Å². The highest BCUT2D eigenvalue weighted by Gasteiger charge is 2.24. The lowest BCUT2D eigenvalue weighted by Gasteiger charge is -2.25. The van der Waals surface area contributed by atoms with Crippen LogP contribution in [0.15, 0.2) is 0 Å². The van der Waals surface area contributed by atoms with Crippen LogP contribution in [0.5, 0.6) is 0 Å². The largest absolute Gasteiger partial charge is 0.353 e. The molecule has 0 bridgehead atoms. The molecule has 0 aromatic heterocycles. The number of likely N-dealkylation sites (N-methyl/N-ethyl adjacent to an activating group) is 2. The molecular formula is C11H25N3O. The van der Waals surface area contributed by atoms with Crippen LogP contribution in [0.2, 0.25) is 0 Å². The molecule has 4 heteroatoms. The first-order valence-electron chi connectivity index (χ1n) is 5.48. The predicted molar refractivity (Wildman–Crippen MR) is 63.9 cm³/mol. The summed E-state index contributed by atoms with van der Waals surface area (Å²) in [4.78, 5) is 13.9. The summed E-state index contributed by atoms with van der Waals surface area (Å²) in [5.74, 6) is 0.0437. The van der Waals surface area contributed by atoms with E-state index in [1.54, 1.807) is 7.05 Å². The van der Waals surface area contributed by atoms with E-state index in [0.717, 1.165) is 6.54 Å². The number of hydrogen-bond acceptors (Lipinski definition) is 3. The Morgan fingerprint density at radius 2 is 1.93 bits per heavy atom. The zero-order chi connectivity index (χ0) is 12.1. The summed E-state index contributed by atoms with van der Waals surface area (Å²) in [5, 5.41) is 5.89. The average molecular weight is 215 g/mol. The molecular weight excluding hydrogens is 190 g/mol. The van der Waals surface area contributed by atoms with E-state index >= 15 is 0 Å². The maximum Gasteiger partial charge on any atom is 0.239 e. The zero-order valence-electron chi connectivity index (χ0n) is 10.8. The van der Waals surface area contributed by atoms with Crippen molar-refractivity contribution in [2.45, 2.75) is 39.3 Å². The quantitative estimate of drug-likeness (QED) is 0.676. The third kappa shape index (κ3) is 5.14. The second kappa shape index (κ2) is 6.08. The van der Waals surface area contributed by atoms with Crippen LogP contribution in [0.3, 0.4) is 0 Å². The fourth-order valence-electron chi connectivity index (χ4n) is 0.938. The molecule has 0 saturated carbocycles. The monoisotopic (exact) mass is 215 g/mol. The van der Waals surface area contributed by atoms with Crippen molar-refractivity contribution in [3.63, 3.8) is 0 Å². The topological polar surface area (TPSA) is 44.4 Å². The van der Waals surface area contributed by atoms with E-state index in [2.05, 4.69) is 36.4 Å². The Morgan fingerprint density at radius 3 is 2.33 bits per heavy atom. The van der Waals surface area contributed by atoms with Crippen molar-refractivity contribution in [2.24, 2.45) is 0 Å². The van der Waals surface area contributed by atoms with Crippen LogP contribution in [-0.4, -0.2) is 49.6 Å². The molecule has 0 aliphatic heterocycles. The highest BCUT2D eigenvalue weighted by atomic mass is 16.2. The van der Waals surface area contributed by atoms with Gasteiger partial charge in [-0.05, 0) is 41.8 Å². The average Bonchev–Trinajstić information content (AvgIpc) is 2.17. The number of carbonyl (C=O) groups excluding carboxylic acids is 1. The highest BCUT2D eigenvalue weighted by molar-refractivity contribution is 5.85. The van der Waals surface area contributed by atoms with Gasteiger partial charge in [0, 0.05) is 19.1 Å². The third-order valence-corrected chi connectivity index (χ3v) is 2.82. The van der Waals surface area contributed by atoms with Gasteiger partial charge in [-0.25, -0.2) is 0 Å². The number of hydrogen-bond donors (Lipinski definition) is 2. The molecule has 0 heterocycles. The highest BCUT2D eigenvalue weighted by Crippen LogP contribution is 1.99. The lowest BCUT2D eigenvalue weighted by atomic mass is 10.1. The summed E-state index contributed by atoms with van der Waals surface area (Å²) in [6.45, 7) is 9.59. The summed E-state index contributed by atoms with van der Waals surface area (Å²) in [6.07, 6.45) is 0. The zero-order valence-corrected chi connectivity index (χ0v) is 10.8. The number of carbonyl (C=O) groups is 1. The molecule has 0 spiro atoms. The lowest BCUT2D eigenvalue weighted by Crippen LogP contribution is -2.52. The Kier molecular flexibility index (Phi) is 5.83. The Morgan fingerprint density at radius 1 is 1.40 bits per heavy atom. The first-order valence-corrected chi connectivity index (χ1v) is 5.48. The van der Waals surface area contributed by atoms with Gasteiger partial charge in [0.2, 0.25) is 5.91 Å². The molecule has 0 fully saturated rings. The Balaban J connectivity index is 3.83. The number of rotatable bonds is 6. The van der Waals surface area contributed by atoms with Crippen LogP contribution in [0.4, 0.5) is 0 Å². The number of amides is 1. The van der Waals surface area contributed by atoms with Crippen molar-refractivity contribution in [2.75, 3.05) is 27.2 Å². The van der Waals surface area contributed by atoms with Gasteiger partial charge in [-0.1, -0.05) is 0 Å². The van der Waals surface area contributed by atoms with E-state index in [0.29, 0.717) is 12.6 Å². The summed E-state index contributed by atoms with van der Waals surface area (Å²) in [6, 6.07) is 0.513. The van der Waals surface area contributed by atoms with Crippen molar-refractivity contribution in [1.82, 2.24) is 15.5 Å². The second-order valence-electron chi connectivity index (χ2n) is 4.71. The van der Waals surface area contributed by atoms with Gasteiger partial charge >= 0.3 is 0 Å². The van der Waals surface area contributed by atoms with Gasteiger partial charge in [-0.15, -0.1) is 0 Å². The summed E-state index contributed by atoms with van der Waals surface area (Å²) < 4.78 is 0. The standard InChI is InChI=1S/C11H25N3O/c1-9(2)14(6)8-7-13-10(15)11(3,4)12-5/h9,12H,7-8H2,1-6H3,(H,13,15). The van der Waals surface area contributed by atoms with Crippen molar-refractivity contribution >= 4 is 5.91 Å². The number of nitrogens with zero attached hydrogens (tertiary/aromatic N) is 1. The van der Waals surface area contributed by atoms with Gasteiger partial charge in [0.05, 0.1) is 5.54 Å². The van der Waals surface area contributed by atoms with Crippen molar-refractivity contribution in [1.29, 1.82) is 0 Å². The van der Waals surface area contributed by atoms with E-state index in [9.17, 15) is 4.79 Å².